The lowest BCUT2D eigenvalue weighted by Gasteiger charge is -3.11. The van der Waals surface area contributed by atoms with Crippen LogP contribution in [0.1, 0.15) is 47.9 Å². The molecule has 50 heavy (non-hydrogen) atoms. The molecule has 2 aliphatic heterocycles. The number of amides is 1. The SMILES string of the molecule is CC(=O)Oc1cc2c(c3c(C)csc13)[C@H](CCl)CN2C(=O)C12C3C4C1C1C2C3C41C(O)N1C[C@@H](CCl)c2c1cc(OC(C)=O)c1scc(C)c21. The molecule has 1 unspecified atom stereocenters. The number of aliphatic hydroxyl groups is 1. The van der Waals surface area contributed by atoms with Crippen molar-refractivity contribution in [3.8, 4) is 11.5 Å². The van der Waals surface area contributed by atoms with Crippen molar-refractivity contribution in [2.24, 2.45) is 46.3 Å². The molecule has 0 bridgehead atoms. The van der Waals surface area contributed by atoms with E-state index in [0.717, 1.165) is 53.8 Å². The Hall–Kier alpha value is -2.89. The summed E-state index contributed by atoms with van der Waals surface area (Å²) in [6.45, 7) is 8.09. The third-order valence-corrected chi connectivity index (χ3v) is 17.2. The number of anilines is 2. The summed E-state index contributed by atoms with van der Waals surface area (Å²) in [6.07, 6.45) is -0.692. The van der Waals surface area contributed by atoms with Crippen LogP contribution in [0.5, 0.6) is 11.5 Å². The number of aryl methyl sites for hydroxylation is 2. The summed E-state index contributed by atoms with van der Waals surface area (Å²) in [4.78, 5) is 43.1. The fourth-order valence-electron chi connectivity index (χ4n) is 13.0. The Labute approximate surface area is 306 Å². The molecule has 2 aromatic heterocycles. The number of alkyl halides is 2. The van der Waals surface area contributed by atoms with Crippen LogP contribution in [-0.4, -0.2) is 54.0 Å². The largest absolute Gasteiger partial charge is 0.425 e. The highest BCUT2D eigenvalue weighted by molar-refractivity contribution is 7.18. The number of halogens is 2. The van der Waals surface area contributed by atoms with Crippen molar-refractivity contribution in [1.82, 2.24) is 0 Å². The molecule has 6 fully saturated rings. The fraction of sp³-hybridized carbons (Fsp3) is 0.500. The minimum absolute atomic E-state index is 0.00127. The minimum Gasteiger partial charge on any atom is -0.425 e. The van der Waals surface area contributed by atoms with Crippen molar-refractivity contribution in [2.75, 3.05) is 34.6 Å². The average Bonchev–Trinajstić information content (AvgIpc) is 3.86. The van der Waals surface area contributed by atoms with Crippen LogP contribution in [0.25, 0.3) is 20.2 Å². The lowest BCUT2D eigenvalue weighted by Crippen LogP contribution is -3.13. The number of rotatable bonds is 7. The van der Waals surface area contributed by atoms with Gasteiger partial charge in [-0.1, -0.05) is 0 Å². The molecule has 0 saturated heterocycles. The second-order valence-electron chi connectivity index (χ2n) is 15.8. The summed E-state index contributed by atoms with van der Waals surface area (Å²) < 4.78 is 13.3. The zero-order valence-corrected chi connectivity index (χ0v) is 30.9. The Morgan fingerprint density at radius 1 is 0.820 bits per heavy atom. The van der Waals surface area contributed by atoms with Crippen LogP contribution >= 0.6 is 45.9 Å². The molecule has 0 spiro atoms. The summed E-state index contributed by atoms with van der Waals surface area (Å²) in [7, 11) is 0. The van der Waals surface area contributed by atoms with Gasteiger partial charge in [0.2, 0.25) is 5.91 Å². The van der Waals surface area contributed by atoms with Crippen molar-refractivity contribution < 1.29 is 29.0 Å². The van der Waals surface area contributed by atoms with Crippen molar-refractivity contribution in [3.05, 3.63) is 45.1 Å². The predicted octanol–water partition coefficient (Wildman–Crippen LogP) is 7.15. The topological polar surface area (TPSA) is 96.4 Å². The predicted molar refractivity (Wildman–Crippen MR) is 194 cm³/mol. The van der Waals surface area contributed by atoms with Gasteiger partial charge in [0, 0.05) is 84.5 Å². The molecular formula is C38H34Cl2N2O6S2. The summed E-state index contributed by atoms with van der Waals surface area (Å²) in [5, 5.41) is 18.7. The number of fused-ring (bicyclic) bond motifs is 6. The van der Waals surface area contributed by atoms with E-state index in [9.17, 15) is 19.5 Å². The Morgan fingerprint density at radius 2 is 1.30 bits per heavy atom. The van der Waals surface area contributed by atoms with Gasteiger partial charge in [0.15, 0.2) is 11.5 Å². The number of carbonyl (C=O) groups excluding carboxylic acids is 3. The maximum Gasteiger partial charge on any atom is 0.308 e. The average molecular weight is 750 g/mol. The van der Waals surface area contributed by atoms with Gasteiger partial charge >= 0.3 is 11.9 Å². The highest BCUT2D eigenvalue weighted by atomic mass is 35.5. The molecule has 0 radical (unpaired) electrons. The van der Waals surface area contributed by atoms with Crippen LogP contribution in [-0.2, 0) is 14.4 Å². The van der Waals surface area contributed by atoms with Crippen molar-refractivity contribution in [1.29, 1.82) is 0 Å². The van der Waals surface area contributed by atoms with Crippen LogP contribution in [0.15, 0.2) is 22.9 Å². The first-order chi connectivity index (χ1) is 24.0. The number of thiophene rings is 2. The second kappa shape index (κ2) is 9.55. The highest BCUT2D eigenvalue weighted by Gasteiger charge is 3.12. The van der Waals surface area contributed by atoms with Gasteiger partial charge in [-0.2, -0.15) is 0 Å². The molecule has 12 rings (SSSR count). The van der Waals surface area contributed by atoms with E-state index >= 15 is 0 Å². The number of ether oxygens (including phenoxy) is 2. The molecule has 8 nitrogen and oxygen atoms in total. The van der Waals surface area contributed by atoms with Crippen molar-refractivity contribution >= 4 is 95.3 Å². The van der Waals surface area contributed by atoms with E-state index in [2.05, 4.69) is 29.5 Å². The maximum absolute atomic E-state index is 14.8. The number of hydrogen-bond donors (Lipinski definition) is 1. The Bertz CT molecular complexity index is 2240. The van der Waals surface area contributed by atoms with Crippen LogP contribution in [0.4, 0.5) is 11.4 Å². The first kappa shape index (κ1) is 30.7. The number of benzene rings is 2. The molecule has 4 heterocycles. The summed E-state index contributed by atoms with van der Waals surface area (Å²) >= 11 is 16.3. The standard InChI is InChI=1S/C38H34Cl2N2O6S2/c1-13-11-49-33-21(47-15(3)43)5-19-25(23(13)33)17(7-39)9-41(19)35(45)37-27-30-28(37)32-29(37)31(27)38(30,32)36(46)42-10-18(8-40)26-20(42)6-22(48-16(4)44)34-24(26)14(2)12-50-34/h5-6,11-12,17-18,27-32,35,45H,7-10H2,1-4H3/t17-,18-,27?,28?,29?,30?,31?,32?,35?,37?,38?/m1/s1. The second-order valence-corrected chi connectivity index (χ2v) is 18.2. The third kappa shape index (κ3) is 3.00. The van der Waals surface area contributed by atoms with Gasteiger partial charge in [0.05, 0.1) is 20.5 Å². The lowest BCUT2D eigenvalue weighted by molar-refractivity contribution is -0.652. The van der Waals surface area contributed by atoms with E-state index in [1.807, 2.05) is 17.0 Å². The molecule has 258 valence electrons. The van der Waals surface area contributed by atoms with E-state index in [4.69, 9.17) is 32.7 Å². The molecule has 2 aromatic carbocycles. The quantitative estimate of drug-likeness (QED) is 0.122. The zero-order chi connectivity index (χ0) is 34.5. The van der Waals surface area contributed by atoms with E-state index in [-0.39, 0.29) is 58.3 Å². The number of aliphatic hydroxyl groups excluding tert-OH is 1. The minimum atomic E-state index is -0.692. The van der Waals surface area contributed by atoms with E-state index < -0.39 is 6.23 Å². The van der Waals surface area contributed by atoms with Gasteiger partial charge in [0.1, 0.15) is 6.23 Å². The summed E-state index contributed by atoms with van der Waals surface area (Å²) in [5.74, 6) is 3.16. The molecule has 1 amide bonds. The van der Waals surface area contributed by atoms with Gasteiger partial charge in [0.25, 0.3) is 0 Å². The molecule has 4 aromatic rings. The molecule has 1 N–H and O–H groups in total. The van der Waals surface area contributed by atoms with Gasteiger partial charge in [-0.25, -0.2) is 0 Å². The fourth-order valence-corrected chi connectivity index (χ4v) is 15.6. The number of hydrogen-bond acceptors (Lipinski definition) is 9. The Morgan fingerprint density at radius 3 is 1.80 bits per heavy atom. The van der Waals surface area contributed by atoms with E-state index in [1.165, 1.54) is 13.8 Å². The molecule has 6 saturated carbocycles. The Kier molecular flexibility index (Phi) is 5.87. The van der Waals surface area contributed by atoms with Gasteiger partial charge < -0.3 is 24.4 Å². The summed E-state index contributed by atoms with van der Waals surface area (Å²) in [5.41, 5.74) is 5.62. The van der Waals surface area contributed by atoms with E-state index in [1.54, 1.807) is 22.7 Å². The normalized spacial score (nSPS) is 36.1. The van der Waals surface area contributed by atoms with Crippen LogP contribution < -0.4 is 19.3 Å². The lowest BCUT2D eigenvalue weighted by atomic mass is 8.92. The third-order valence-electron chi connectivity index (χ3n) is 14.2. The molecule has 8 aliphatic rings. The first-order valence-electron chi connectivity index (χ1n) is 17.4. The monoisotopic (exact) mass is 748 g/mol. The molecule has 6 aliphatic carbocycles. The number of carbonyl (C=O) groups is 3. The first-order valence-corrected chi connectivity index (χ1v) is 20.2. The van der Waals surface area contributed by atoms with Gasteiger partial charge in [-0.3, -0.25) is 14.4 Å². The van der Waals surface area contributed by atoms with E-state index in [0.29, 0.717) is 54.1 Å². The zero-order valence-electron chi connectivity index (χ0n) is 27.8. The van der Waals surface area contributed by atoms with Crippen LogP contribution in [0.3, 0.4) is 0 Å². The van der Waals surface area contributed by atoms with Crippen molar-refractivity contribution in [3.63, 3.8) is 0 Å². The smallest absolute Gasteiger partial charge is 0.308 e. The van der Waals surface area contributed by atoms with Gasteiger partial charge in [-0.15, -0.1) is 45.9 Å². The van der Waals surface area contributed by atoms with Crippen molar-refractivity contribution in [2.45, 2.75) is 45.8 Å². The van der Waals surface area contributed by atoms with Gasteiger partial charge in [-0.05, 0) is 82.4 Å². The molecular weight excluding hydrogens is 715 g/mol. The maximum atomic E-state index is 14.8. The Balaban J connectivity index is 0.922. The number of esters is 2. The number of nitrogens with zero attached hydrogens (tertiary/aromatic N) is 2. The molecule has 3 atom stereocenters. The summed E-state index contributed by atoms with van der Waals surface area (Å²) in [6, 6.07) is 3.83. The highest BCUT2D eigenvalue weighted by Crippen LogP contribution is 3.11. The van der Waals surface area contributed by atoms with Crippen LogP contribution in [0, 0.1) is 60.2 Å². The molecule has 12 heteroatoms. The van der Waals surface area contributed by atoms with Crippen LogP contribution in [0.2, 0.25) is 0 Å².